The van der Waals surface area contributed by atoms with Crippen molar-refractivity contribution in [3.8, 4) is 0 Å². The van der Waals surface area contributed by atoms with Crippen molar-refractivity contribution in [2.45, 2.75) is 0 Å². The molecule has 0 saturated carbocycles. The van der Waals surface area contributed by atoms with Gasteiger partial charge in [-0.05, 0) is 0 Å². The largest absolute Gasteiger partial charge is 0.762 e. The molecule has 0 aromatic heterocycles. The Morgan fingerprint density at radius 2 is 1.00 bits per heavy atom. The molecule has 31 valence electrons. The quantitative estimate of drug-likeness (QED) is 0.357. The van der Waals surface area contributed by atoms with Gasteiger partial charge in [0.25, 0.3) is 0 Å². The van der Waals surface area contributed by atoms with Gasteiger partial charge >= 0.3 is 7.54 Å². The van der Waals surface area contributed by atoms with Crippen molar-refractivity contribution in [3.63, 3.8) is 0 Å². The molecule has 0 aromatic rings. The molecule has 0 aliphatic rings. The molecule has 0 aliphatic heterocycles. The van der Waals surface area contributed by atoms with E-state index in [1.54, 1.807) is 0 Å². The van der Waals surface area contributed by atoms with E-state index in [1.165, 1.54) is 0 Å². The zero-order valence-electron chi connectivity index (χ0n) is 2.71. The topological polar surface area (TPSA) is 0 Å². The van der Waals surface area contributed by atoms with E-state index in [0.29, 0.717) is 0 Å². The van der Waals surface area contributed by atoms with Gasteiger partial charge in [0.2, 0.25) is 0 Å². The normalized spacial score (nSPS) is 4.50. The third kappa shape index (κ3) is 89.3. The standard InChI is InChI=1S/BF3.BH3.Na/c2-1(3)4;;/h;1H3;. The van der Waals surface area contributed by atoms with Gasteiger partial charge in [0.15, 0.2) is 0 Å². The minimum Gasteiger partial charge on any atom is -0.254 e. The maximum atomic E-state index is 9.67. The first-order valence-electron chi connectivity index (χ1n) is 0.655. The van der Waals surface area contributed by atoms with Crippen molar-refractivity contribution in [1.82, 2.24) is 0 Å². The minimum absolute atomic E-state index is 0. The van der Waals surface area contributed by atoms with Crippen molar-refractivity contribution < 1.29 is 12.9 Å². The Balaban J connectivity index is -0.0000000450. The van der Waals surface area contributed by atoms with Gasteiger partial charge in [0, 0.05) is 29.6 Å². The predicted octanol–water partition coefficient (Wildman–Crippen LogP) is -0.685. The molecule has 0 fully saturated rings. The van der Waals surface area contributed by atoms with Crippen molar-refractivity contribution >= 4 is 45.5 Å². The fraction of sp³-hybridized carbons (Fsp3) is 0. The molecule has 6 heteroatoms. The average molecular weight is 105 g/mol. The van der Waals surface area contributed by atoms with E-state index < -0.39 is 7.54 Å². The van der Waals surface area contributed by atoms with Crippen LogP contribution in [0.4, 0.5) is 12.9 Å². The predicted molar refractivity (Wildman–Crippen MR) is 24.8 cm³/mol. The number of hydrogen-bond donors (Lipinski definition) is 0. The molecule has 0 saturated heterocycles. The summed E-state index contributed by atoms with van der Waals surface area (Å²) in [5.74, 6) is 0. The van der Waals surface area contributed by atoms with Gasteiger partial charge in [0.1, 0.15) is 0 Å². The van der Waals surface area contributed by atoms with Crippen molar-refractivity contribution in [1.29, 1.82) is 0 Å². The van der Waals surface area contributed by atoms with Crippen LogP contribution in [0, 0.1) is 0 Å². The van der Waals surface area contributed by atoms with Crippen LogP contribution >= 0.6 is 0 Å². The molecule has 0 aromatic carbocycles. The van der Waals surface area contributed by atoms with Crippen LogP contribution in [0.15, 0.2) is 0 Å². The molecule has 0 rings (SSSR count). The second-order valence-corrected chi connectivity index (χ2v) is 0.247. The molecule has 0 nitrogen and oxygen atoms in total. The van der Waals surface area contributed by atoms with Crippen molar-refractivity contribution in [2.24, 2.45) is 0 Å². The fourth-order valence-corrected chi connectivity index (χ4v) is 0. The Morgan fingerprint density at radius 1 is 1.00 bits per heavy atom. The van der Waals surface area contributed by atoms with E-state index >= 15 is 0 Å². The van der Waals surface area contributed by atoms with E-state index in [2.05, 4.69) is 0 Å². The van der Waals surface area contributed by atoms with Crippen molar-refractivity contribution in [3.05, 3.63) is 0 Å². The number of rotatable bonds is 0. The summed E-state index contributed by atoms with van der Waals surface area (Å²) in [7, 11) is -3.67. The van der Waals surface area contributed by atoms with Crippen LogP contribution in [-0.2, 0) is 0 Å². The van der Waals surface area contributed by atoms with Gasteiger partial charge in [-0.3, -0.25) is 12.9 Å². The maximum absolute atomic E-state index is 9.67. The second kappa shape index (κ2) is 9.33. The van der Waals surface area contributed by atoms with Crippen LogP contribution in [0.25, 0.3) is 0 Å². The Labute approximate surface area is 58.6 Å². The average Bonchev–Trinajstić information content (AvgIpc) is 0.811. The first-order chi connectivity index (χ1) is 1.73. The van der Waals surface area contributed by atoms with Crippen LogP contribution in [0.3, 0.4) is 0 Å². The van der Waals surface area contributed by atoms with Gasteiger partial charge in [0.05, 0.1) is 8.41 Å². The Bertz CT molecular complexity index is 13.5. The van der Waals surface area contributed by atoms with E-state index in [-0.39, 0.29) is 38.0 Å². The van der Waals surface area contributed by atoms with Crippen molar-refractivity contribution in [2.75, 3.05) is 0 Å². The summed E-state index contributed by atoms with van der Waals surface area (Å²) >= 11 is 0. The molecule has 0 bridgehead atoms. The summed E-state index contributed by atoms with van der Waals surface area (Å²) in [5.41, 5.74) is 0. The van der Waals surface area contributed by atoms with Crippen LogP contribution < -0.4 is 0 Å². The van der Waals surface area contributed by atoms with Gasteiger partial charge in [-0.25, -0.2) is 0 Å². The van der Waals surface area contributed by atoms with Crippen LogP contribution in [-0.4, -0.2) is 45.5 Å². The van der Waals surface area contributed by atoms with Crippen LogP contribution in [0.5, 0.6) is 0 Å². The molecule has 0 aliphatic carbocycles. The number of halogens is 3. The molecular weight excluding hydrogens is 102 g/mol. The molecule has 6 heavy (non-hydrogen) atoms. The SMILES string of the molecule is B.FB(F)F.[Na]. The van der Waals surface area contributed by atoms with Crippen LogP contribution in [0.2, 0.25) is 0 Å². The van der Waals surface area contributed by atoms with Gasteiger partial charge in [-0.15, -0.1) is 0 Å². The number of hydrogen-bond acceptors (Lipinski definition) is 0. The zero-order chi connectivity index (χ0) is 3.58. The summed E-state index contributed by atoms with van der Waals surface area (Å²) < 4.78 is 29.0. The maximum Gasteiger partial charge on any atom is 0.762 e. The van der Waals surface area contributed by atoms with E-state index in [4.69, 9.17) is 0 Å². The van der Waals surface area contributed by atoms with Gasteiger partial charge in [-0.2, -0.15) is 0 Å². The summed E-state index contributed by atoms with van der Waals surface area (Å²) in [6.45, 7) is 0. The Hall–Kier alpha value is 0.920. The monoisotopic (exact) mass is 105 g/mol. The summed E-state index contributed by atoms with van der Waals surface area (Å²) in [4.78, 5) is 0. The Morgan fingerprint density at radius 3 is 1.00 bits per heavy atom. The molecule has 0 spiro atoms. The van der Waals surface area contributed by atoms with Gasteiger partial charge < -0.3 is 0 Å². The third-order valence-corrected chi connectivity index (χ3v) is 0. The zero-order valence-corrected chi connectivity index (χ0v) is 4.71. The summed E-state index contributed by atoms with van der Waals surface area (Å²) in [6.07, 6.45) is 0. The molecule has 0 atom stereocenters. The molecular formula is H3B2F3Na. The summed E-state index contributed by atoms with van der Waals surface area (Å²) in [5, 5.41) is 0. The first kappa shape index (κ1) is 15.8. The first-order valence-corrected chi connectivity index (χ1v) is 0.655. The van der Waals surface area contributed by atoms with Gasteiger partial charge in [-0.1, -0.05) is 0 Å². The summed E-state index contributed by atoms with van der Waals surface area (Å²) in [6, 6.07) is 0. The molecule has 1 radical (unpaired) electrons. The third-order valence-electron chi connectivity index (χ3n) is 0. The van der Waals surface area contributed by atoms with E-state index in [1.807, 2.05) is 0 Å². The molecule has 0 amide bonds. The second-order valence-electron chi connectivity index (χ2n) is 0.247. The van der Waals surface area contributed by atoms with E-state index in [0.717, 1.165) is 0 Å². The minimum atomic E-state index is -3.67. The molecule has 0 unspecified atom stereocenters. The smallest absolute Gasteiger partial charge is 0.254 e. The molecule has 0 N–H and O–H groups in total. The Kier molecular flexibility index (Phi) is 24.5. The van der Waals surface area contributed by atoms with Crippen LogP contribution in [0.1, 0.15) is 0 Å². The fourth-order valence-electron chi connectivity index (χ4n) is 0. The van der Waals surface area contributed by atoms with E-state index in [9.17, 15) is 12.9 Å². The molecule has 0 heterocycles.